The fraction of sp³-hybridized carbons (Fsp3) is 0.737. The van der Waals surface area contributed by atoms with E-state index in [-0.39, 0.29) is 11.8 Å². The minimum absolute atomic E-state index is 0.266. The zero-order valence-electron chi connectivity index (χ0n) is 17.2. The number of hydrogen-bond donors (Lipinski definition) is 4. The van der Waals surface area contributed by atoms with Gasteiger partial charge in [-0.1, -0.05) is 30.7 Å². The van der Waals surface area contributed by atoms with Gasteiger partial charge < -0.3 is 21.1 Å². The van der Waals surface area contributed by atoms with Gasteiger partial charge >= 0.3 is 5.97 Å². The number of aliphatic carboxylic acids is 1. The molecule has 2 atom stereocenters. The van der Waals surface area contributed by atoms with Crippen molar-refractivity contribution in [2.24, 2.45) is 22.6 Å². The van der Waals surface area contributed by atoms with Gasteiger partial charge in [0, 0.05) is 44.6 Å². The quantitative estimate of drug-likeness (QED) is 0.410. The Morgan fingerprint density at radius 1 is 1.45 bits per heavy atom. The van der Waals surface area contributed by atoms with E-state index in [0.717, 1.165) is 37.5 Å². The standard InChI is InChI=1S/C19H32N8O2/c1-12(2)7-16(19(28)29)15(18-23-25-26-24-18)8-13-3-4-17(22-9-13)27-10-14(11-27)21-6-5-20/h3,12,14-16,21H,4-11,20H2,1-2H3,(H,28,29)(H,23,24,25,26). The maximum atomic E-state index is 12.0. The lowest BCUT2D eigenvalue weighted by Crippen LogP contribution is -2.60. The van der Waals surface area contributed by atoms with Crippen molar-refractivity contribution in [3.05, 3.63) is 17.5 Å². The summed E-state index contributed by atoms with van der Waals surface area (Å²) in [6, 6.07) is 0.488. The van der Waals surface area contributed by atoms with Gasteiger partial charge in [-0.25, -0.2) is 0 Å². The number of amidine groups is 1. The molecule has 1 fully saturated rings. The normalized spacial score (nSPS) is 19.5. The molecule has 0 saturated carbocycles. The Bertz CT molecular complexity index is 725. The first-order valence-electron chi connectivity index (χ1n) is 10.3. The van der Waals surface area contributed by atoms with Crippen LogP contribution < -0.4 is 11.1 Å². The molecule has 1 aromatic rings. The fourth-order valence-corrected chi connectivity index (χ4v) is 4.01. The van der Waals surface area contributed by atoms with E-state index >= 15 is 0 Å². The number of nitrogens with one attached hydrogen (secondary N) is 2. The molecular weight excluding hydrogens is 372 g/mol. The van der Waals surface area contributed by atoms with E-state index in [1.807, 2.05) is 13.8 Å². The molecule has 0 aromatic carbocycles. The summed E-state index contributed by atoms with van der Waals surface area (Å²) in [4.78, 5) is 19.0. The number of rotatable bonds is 10. The van der Waals surface area contributed by atoms with Crippen LogP contribution >= 0.6 is 0 Å². The van der Waals surface area contributed by atoms with Gasteiger partial charge in [0.15, 0.2) is 5.82 Å². The van der Waals surface area contributed by atoms with Crippen molar-refractivity contribution in [3.63, 3.8) is 0 Å². The highest BCUT2D eigenvalue weighted by Crippen LogP contribution is 2.34. The summed E-state index contributed by atoms with van der Waals surface area (Å²) in [7, 11) is 0. The lowest BCUT2D eigenvalue weighted by atomic mass is 9.80. The third kappa shape index (κ3) is 5.60. The first-order valence-corrected chi connectivity index (χ1v) is 10.3. The number of carbonyl (C=O) groups is 1. The first-order chi connectivity index (χ1) is 14.0. The van der Waals surface area contributed by atoms with E-state index in [1.54, 1.807) is 0 Å². The molecule has 1 saturated heterocycles. The average Bonchev–Trinajstić information content (AvgIpc) is 3.18. The van der Waals surface area contributed by atoms with E-state index in [9.17, 15) is 9.90 Å². The molecule has 2 aliphatic rings. The number of tetrazole rings is 1. The molecule has 5 N–H and O–H groups in total. The molecule has 29 heavy (non-hydrogen) atoms. The lowest BCUT2D eigenvalue weighted by Gasteiger charge is -2.42. The largest absolute Gasteiger partial charge is 0.481 e. The van der Waals surface area contributed by atoms with Crippen LogP contribution in [-0.2, 0) is 4.79 Å². The molecule has 10 nitrogen and oxygen atoms in total. The van der Waals surface area contributed by atoms with E-state index in [0.29, 0.717) is 37.8 Å². The number of aromatic nitrogens is 4. The van der Waals surface area contributed by atoms with Gasteiger partial charge in [0.05, 0.1) is 12.5 Å². The maximum absolute atomic E-state index is 12.0. The van der Waals surface area contributed by atoms with Crippen LogP contribution in [0.1, 0.15) is 44.9 Å². The monoisotopic (exact) mass is 404 g/mol. The molecule has 0 bridgehead atoms. The smallest absolute Gasteiger partial charge is 0.307 e. The van der Waals surface area contributed by atoms with E-state index in [4.69, 9.17) is 10.7 Å². The van der Waals surface area contributed by atoms with Crippen LogP contribution in [0, 0.1) is 11.8 Å². The second kappa shape index (κ2) is 9.93. The molecule has 0 spiro atoms. The molecule has 3 heterocycles. The van der Waals surface area contributed by atoms with Gasteiger partial charge in [0.25, 0.3) is 0 Å². The van der Waals surface area contributed by atoms with Crippen molar-refractivity contribution in [2.75, 3.05) is 32.7 Å². The Balaban J connectivity index is 1.60. The third-order valence-corrected chi connectivity index (χ3v) is 5.57. The van der Waals surface area contributed by atoms with Gasteiger partial charge in [-0.2, -0.15) is 5.21 Å². The molecule has 0 amide bonds. The molecule has 160 valence electrons. The molecule has 1 aromatic heterocycles. The summed E-state index contributed by atoms with van der Waals surface area (Å²) >= 11 is 0. The zero-order valence-corrected chi connectivity index (χ0v) is 17.2. The number of carboxylic acids is 1. The number of aliphatic imine (C=N–C) groups is 1. The van der Waals surface area contributed by atoms with Crippen LogP contribution in [0.4, 0.5) is 0 Å². The minimum Gasteiger partial charge on any atom is -0.481 e. The van der Waals surface area contributed by atoms with Crippen molar-refractivity contribution < 1.29 is 9.90 Å². The van der Waals surface area contributed by atoms with Crippen molar-refractivity contribution >= 4 is 11.8 Å². The predicted octanol–water partition coefficient (Wildman–Crippen LogP) is 0.381. The van der Waals surface area contributed by atoms with Gasteiger partial charge in [0.2, 0.25) is 0 Å². The van der Waals surface area contributed by atoms with Crippen LogP contribution in [0.3, 0.4) is 0 Å². The summed E-state index contributed by atoms with van der Waals surface area (Å²) in [6.45, 7) is 8.07. The molecule has 0 aliphatic carbocycles. The van der Waals surface area contributed by atoms with E-state index < -0.39 is 11.9 Å². The predicted molar refractivity (Wildman–Crippen MR) is 110 cm³/mol. The summed E-state index contributed by atoms with van der Waals surface area (Å²) in [5, 5.41) is 27.5. The van der Waals surface area contributed by atoms with E-state index in [1.165, 1.54) is 0 Å². The maximum Gasteiger partial charge on any atom is 0.307 e. The fourth-order valence-electron chi connectivity index (χ4n) is 4.01. The minimum atomic E-state index is -0.814. The van der Waals surface area contributed by atoms with Crippen LogP contribution in [0.25, 0.3) is 0 Å². The summed E-state index contributed by atoms with van der Waals surface area (Å²) < 4.78 is 0. The Kier molecular flexibility index (Phi) is 7.32. The van der Waals surface area contributed by atoms with Gasteiger partial charge in [0.1, 0.15) is 5.84 Å². The van der Waals surface area contributed by atoms with Crippen molar-refractivity contribution in [2.45, 2.75) is 45.1 Å². The number of nitrogens with two attached hydrogens (primary N) is 1. The number of H-pyrrole nitrogens is 1. The average molecular weight is 405 g/mol. The Hall–Kier alpha value is -2.33. The molecule has 10 heteroatoms. The number of nitrogens with zero attached hydrogens (tertiary/aromatic N) is 5. The van der Waals surface area contributed by atoms with Gasteiger partial charge in [-0.3, -0.25) is 9.79 Å². The number of carboxylic acid groups (broad SMARTS) is 1. The molecule has 2 unspecified atom stereocenters. The molecule has 3 rings (SSSR count). The zero-order chi connectivity index (χ0) is 20.8. The second-order valence-corrected chi connectivity index (χ2v) is 8.30. The Labute approximate surface area is 171 Å². The second-order valence-electron chi connectivity index (χ2n) is 8.30. The highest BCUT2D eigenvalue weighted by Gasteiger charge is 2.34. The summed E-state index contributed by atoms with van der Waals surface area (Å²) in [6.07, 6.45) is 4.12. The SMILES string of the molecule is CC(C)CC(C(=O)O)C(CC1=CCC(N2CC(NCCN)C2)=NC1)c1nn[nH]n1. The Morgan fingerprint density at radius 2 is 2.24 bits per heavy atom. The highest BCUT2D eigenvalue weighted by atomic mass is 16.4. The highest BCUT2D eigenvalue weighted by molar-refractivity contribution is 5.85. The summed E-state index contributed by atoms with van der Waals surface area (Å²) in [5.41, 5.74) is 6.67. The number of dihydropyridines is 1. The van der Waals surface area contributed by atoms with Crippen LogP contribution in [0.2, 0.25) is 0 Å². The molecular formula is C19H32N8O2. The molecule has 0 radical (unpaired) electrons. The summed E-state index contributed by atoms with van der Waals surface area (Å²) in [5.74, 6) is 0.153. The topological polar surface area (TPSA) is 145 Å². The number of hydrogen-bond acceptors (Lipinski definition) is 8. The first kappa shape index (κ1) is 21.4. The number of likely N-dealkylation sites (tertiary alicyclic amines) is 1. The van der Waals surface area contributed by atoms with Crippen molar-refractivity contribution in [1.82, 2.24) is 30.8 Å². The van der Waals surface area contributed by atoms with Crippen molar-refractivity contribution in [1.29, 1.82) is 0 Å². The third-order valence-electron chi connectivity index (χ3n) is 5.57. The molecule has 2 aliphatic heterocycles. The van der Waals surface area contributed by atoms with Gasteiger partial charge in [-0.05, 0) is 18.8 Å². The van der Waals surface area contributed by atoms with Crippen LogP contribution in [-0.4, -0.2) is 81.2 Å². The number of aromatic amines is 1. The van der Waals surface area contributed by atoms with Crippen LogP contribution in [0.15, 0.2) is 16.6 Å². The van der Waals surface area contributed by atoms with Gasteiger partial charge in [-0.15, -0.1) is 10.2 Å². The lowest BCUT2D eigenvalue weighted by molar-refractivity contribution is -0.143. The Morgan fingerprint density at radius 3 is 2.79 bits per heavy atom. The van der Waals surface area contributed by atoms with Crippen LogP contribution in [0.5, 0.6) is 0 Å². The van der Waals surface area contributed by atoms with Crippen molar-refractivity contribution in [3.8, 4) is 0 Å². The van der Waals surface area contributed by atoms with E-state index in [2.05, 4.69) is 36.9 Å².